The zero-order valence-corrected chi connectivity index (χ0v) is 12.4. The summed E-state index contributed by atoms with van der Waals surface area (Å²) >= 11 is 0. The van der Waals surface area contributed by atoms with Crippen LogP contribution >= 0.6 is 0 Å². The fraction of sp³-hybridized carbons (Fsp3) is 0.294. The second kappa shape index (κ2) is 5.63. The molecule has 0 aromatic heterocycles. The zero-order valence-electron chi connectivity index (χ0n) is 12.4. The third kappa shape index (κ3) is 2.68. The summed E-state index contributed by atoms with van der Waals surface area (Å²) in [5.41, 5.74) is 10.6. The van der Waals surface area contributed by atoms with Crippen LogP contribution in [0.4, 0.5) is 15.8 Å². The van der Waals surface area contributed by atoms with Gasteiger partial charge in [-0.1, -0.05) is 29.8 Å². The lowest BCUT2D eigenvalue weighted by Gasteiger charge is -2.26. The first-order valence-electron chi connectivity index (χ1n) is 6.76. The summed E-state index contributed by atoms with van der Waals surface area (Å²) in [6, 6.07) is 11.0. The molecule has 0 saturated heterocycles. The topological polar surface area (TPSA) is 29.3 Å². The standard InChI is InChI=1S/C17H21FN2/c1-11-8-9-16(12(2)10-11)20(4)17-14(13(3)19)6-5-7-15(17)18/h5-10,13H,19H2,1-4H3/t13-/m1/s1. The average Bonchev–Trinajstić information content (AvgIpc) is 2.37. The number of halogens is 1. The molecule has 2 N–H and O–H groups in total. The highest BCUT2D eigenvalue weighted by atomic mass is 19.1. The van der Waals surface area contributed by atoms with Crippen LogP contribution in [0.25, 0.3) is 0 Å². The van der Waals surface area contributed by atoms with E-state index in [1.165, 1.54) is 11.6 Å². The molecule has 0 bridgehead atoms. The van der Waals surface area contributed by atoms with Crippen molar-refractivity contribution in [1.29, 1.82) is 0 Å². The molecule has 1 atom stereocenters. The molecule has 0 unspecified atom stereocenters. The number of nitrogens with zero attached hydrogens (tertiary/aromatic N) is 1. The van der Waals surface area contributed by atoms with Gasteiger partial charge in [0.15, 0.2) is 0 Å². The normalized spacial score (nSPS) is 12.3. The Morgan fingerprint density at radius 3 is 2.45 bits per heavy atom. The minimum atomic E-state index is -0.248. The van der Waals surface area contributed by atoms with Gasteiger partial charge in [-0.2, -0.15) is 0 Å². The van der Waals surface area contributed by atoms with Crippen molar-refractivity contribution >= 4 is 11.4 Å². The Morgan fingerprint density at radius 2 is 1.85 bits per heavy atom. The molecular weight excluding hydrogens is 251 g/mol. The molecule has 106 valence electrons. The first-order chi connectivity index (χ1) is 9.41. The Morgan fingerprint density at radius 1 is 1.15 bits per heavy atom. The van der Waals surface area contributed by atoms with E-state index in [0.29, 0.717) is 5.69 Å². The van der Waals surface area contributed by atoms with E-state index >= 15 is 0 Å². The van der Waals surface area contributed by atoms with Crippen LogP contribution < -0.4 is 10.6 Å². The van der Waals surface area contributed by atoms with Crippen LogP contribution in [0.3, 0.4) is 0 Å². The van der Waals surface area contributed by atoms with Crippen molar-refractivity contribution in [2.24, 2.45) is 5.73 Å². The van der Waals surface area contributed by atoms with Crippen LogP contribution in [0.5, 0.6) is 0 Å². The van der Waals surface area contributed by atoms with E-state index in [9.17, 15) is 4.39 Å². The lowest BCUT2D eigenvalue weighted by Crippen LogP contribution is -2.18. The number of anilines is 2. The van der Waals surface area contributed by atoms with Crippen molar-refractivity contribution in [2.45, 2.75) is 26.8 Å². The van der Waals surface area contributed by atoms with Crippen LogP contribution in [-0.2, 0) is 0 Å². The molecule has 3 heteroatoms. The van der Waals surface area contributed by atoms with E-state index in [1.807, 2.05) is 50.9 Å². The van der Waals surface area contributed by atoms with Crippen LogP contribution in [-0.4, -0.2) is 7.05 Å². The van der Waals surface area contributed by atoms with Gasteiger partial charge in [0.1, 0.15) is 5.82 Å². The number of para-hydroxylation sites is 1. The van der Waals surface area contributed by atoms with Gasteiger partial charge >= 0.3 is 0 Å². The van der Waals surface area contributed by atoms with E-state index in [2.05, 4.69) is 6.07 Å². The van der Waals surface area contributed by atoms with Crippen molar-refractivity contribution in [3.8, 4) is 0 Å². The van der Waals surface area contributed by atoms with Crippen molar-refractivity contribution in [2.75, 3.05) is 11.9 Å². The van der Waals surface area contributed by atoms with Crippen LogP contribution in [0.1, 0.15) is 29.7 Å². The predicted molar refractivity (Wildman–Crippen MR) is 83.0 cm³/mol. The van der Waals surface area contributed by atoms with Gasteiger partial charge in [0.05, 0.1) is 5.69 Å². The van der Waals surface area contributed by atoms with E-state index in [4.69, 9.17) is 5.73 Å². The van der Waals surface area contributed by atoms with E-state index < -0.39 is 0 Å². The minimum Gasteiger partial charge on any atom is -0.342 e. The smallest absolute Gasteiger partial charge is 0.147 e. The summed E-state index contributed by atoms with van der Waals surface area (Å²) in [7, 11) is 1.88. The first-order valence-corrected chi connectivity index (χ1v) is 6.76. The van der Waals surface area contributed by atoms with Crippen molar-refractivity contribution in [3.63, 3.8) is 0 Å². The Bertz CT molecular complexity index is 620. The number of hydrogen-bond acceptors (Lipinski definition) is 2. The number of aryl methyl sites for hydroxylation is 2. The second-order valence-corrected chi connectivity index (χ2v) is 5.32. The third-order valence-electron chi connectivity index (χ3n) is 3.56. The molecular formula is C17H21FN2. The molecule has 0 radical (unpaired) electrons. The summed E-state index contributed by atoms with van der Waals surface area (Å²) in [4.78, 5) is 1.88. The molecule has 2 aromatic carbocycles. The summed E-state index contributed by atoms with van der Waals surface area (Å²) in [6.45, 7) is 5.95. The highest BCUT2D eigenvalue weighted by Crippen LogP contribution is 2.34. The van der Waals surface area contributed by atoms with Crippen LogP contribution in [0.2, 0.25) is 0 Å². The molecule has 0 saturated carbocycles. The predicted octanol–water partition coefficient (Wildman–Crippen LogP) is 4.23. The van der Waals surface area contributed by atoms with Crippen molar-refractivity contribution < 1.29 is 4.39 Å². The van der Waals surface area contributed by atoms with Crippen LogP contribution in [0.15, 0.2) is 36.4 Å². The number of hydrogen-bond donors (Lipinski definition) is 1. The molecule has 0 aliphatic carbocycles. The lowest BCUT2D eigenvalue weighted by atomic mass is 10.0. The summed E-state index contributed by atoms with van der Waals surface area (Å²) in [5, 5.41) is 0. The summed E-state index contributed by atoms with van der Waals surface area (Å²) in [5.74, 6) is -0.248. The average molecular weight is 272 g/mol. The van der Waals surface area contributed by atoms with Crippen molar-refractivity contribution in [3.05, 3.63) is 58.9 Å². The molecule has 2 rings (SSSR count). The lowest BCUT2D eigenvalue weighted by molar-refractivity contribution is 0.622. The molecule has 2 aromatic rings. The van der Waals surface area contributed by atoms with Gasteiger partial charge in [-0.05, 0) is 44.0 Å². The van der Waals surface area contributed by atoms with E-state index in [-0.39, 0.29) is 11.9 Å². The number of benzene rings is 2. The monoisotopic (exact) mass is 272 g/mol. The summed E-state index contributed by atoms with van der Waals surface area (Å²) in [6.07, 6.45) is 0. The fourth-order valence-corrected chi connectivity index (χ4v) is 2.56. The van der Waals surface area contributed by atoms with Gasteiger partial charge in [-0.25, -0.2) is 4.39 Å². The first kappa shape index (κ1) is 14.5. The molecule has 0 spiro atoms. The Hall–Kier alpha value is -1.87. The highest BCUT2D eigenvalue weighted by Gasteiger charge is 2.17. The summed E-state index contributed by atoms with van der Waals surface area (Å²) < 4.78 is 14.3. The number of rotatable bonds is 3. The number of nitrogens with two attached hydrogens (primary N) is 1. The van der Waals surface area contributed by atoms with Gasteiger partial charge in [-0.15, -0.1) is 0 Å². The van der Waals surface area contributed by atoms with Gasteiger partial charge in [-0.3, -0.25) is 0 Å². The molecule has 0 fully saturated rings. The Balaban J connectivity index is 2.56. The van der Waals surface area contributed by atoms with E-state index in [0.717, 1.165) is 16.8 Å². The Kier molecular flexibility index (Phi) is 4.09. The molecule has 0 heterocycles. The maximum atomic E-state index is 14.3. The quantitative estimate of drug-likeness (QED) is 0.906. The van der Waals surface area contributed by atoms with Gasteiger partial charge in [0, 0.05) is 18.8 Å². The zero-order chi connectivity index (χ0) is 14.9. The molecule has 0 aliphatic heterocycles. The fourth-order valence-electron chi connectivity index (χ4n) is 2.56. The highest BCUT2D eigenvalue weighted by molar-refractivity contribution is 5.69. The maximum absolute atomic E-state index is 14.3. The third-order valence-corrected chi connectivity index (χ3v) is 3.56. The SMILES string of the molecule is Cc1ccc(N(C)c2c(F)cccc2[C@@H](C)N)c(C)c1. The molecule has 20 heavy (non-hydrogen) atoms. The van der Waals surface area contributed by atoms with Crippen LogP contribution in [0, 0.1) is 19.7 Å². The largest absolute Gasteiger partial charge is 0.342 e. The maximum Gasteiger partial charge on any atom is 0.147 e. The molecule has 0 aliphatic rings. The Labute approximate surface area is 120 Å². The van der Waals surface area contributed by atoms with E-state index in [1.54, 1.807) is 6.07 Å². The van der Waals surface area contributed by atoms with Gasteiger partial charge in [0.2, 0.25) is 0 Å². The van der Waals surface area contributed by atoms with Gasteiger partial charge < -0.3 is 10.6 Å². The van der Waals surface area contributed by atoms with Gasteiger partial charge in [0.25, 0.3) is 0 Å². The molecule has 0 amide bonds. The second-order valence-electron chi connectivity index (χ2n) is 5.32. The molecule has 2 nitrogen and oxygen atoms in total. The van der Waals surface area contributed by atoms with Crippen molar-refractivity contribution in [1.82, 2.24) is 0 Å². The minimum absolute atomic E-state index is 0.214.